The lowest BCUT2D eigenvalue weighted by Gasteiger charge is -2.39. The molecule has 1 aliphatic heterocycles. The minimum Gasteiger partial charge on any atom is -0.464 e. The SMILES string of the molecule is CCC1(OC(=O)C(C)(C)CCC(C)(CCC(C)(C)C(=O)OCCNS(=O)(=O)C(F)(F)F)C(=O)OC2C3CC4C(=O)OC2C4C3)CCCCCCC1. The molecule has 1 saturated heterocycles. The van der Waals surface area contributed by atoms with Gasteiger partial charge in [0.05, 0.1) is 22.2 Å². The van der Waals surface area contributed by atoms with E-state index in [0.29, 0.717) is 12.8 Å². The van der Waals surface area contributed by atoms with Crippen molar-refractivity contribution in [2.24, 2.45) is 34.0 Å². The summed E-state index contributed by atoms with van der Waals surface area (Å²) in [6.45, 7) is 9.11. The van der Waals surface area contributed by atoms with Crippen LogP contribution in [0.3, 0.4) is 0 Å². The summed E-state index contributed by atoms with van der Waals surface area (Å²) in [5, 5.41) is 0. The van der Waals surface area contributed by atoms with E-state index in [-0.39, 0.29) is 55.4 Å². The quantitative estimate of drug-likeness (QED) is 0.105. The zero-order valence-electron chi connectivity index (χ0n) is 30.8. The van der Waals surface area contributed by atoms with E-state index in [1.807, 2.05) is 6.92 Å². The summed E-state index contributed by atoms with van der Waals surface area (Å²) in [5.74, 6) is -2.03. The molecule has 0 spiro atoms. The minimum atomic E-state index is -5.58. The summed E-state index contributed by atoms with van der Waals surface area (Å²) in [6.07, 6.45) is 8.71. The van der Waals surface area contributed by atoms with Crippen LogP contribution in [0, 0.1) is 34.0 Å². The van der Waals surface area contributed by atoms with Gasteiger partial charge in [0.15, 0.2) is 0 Å². The van der Waals surface area contributed by atoms with Gasteiger partial charge in [0.2, 0.25) is 0 Å². The largest absolute Gasteiger partial charge is 0.511 e. The number of nitrogens with one attached hydrogen (secondary N) is 1. The molecule has 0 radical (unpaired) electrons. The number of fused-ring (bicyclic) bond motifs is 1. The first-order chi connectivity index (χ1) is 23.6. The topological polar surface area (TPSA) is 151 Å². The number of ether oxygens (including phenoxy) is 4. The molecule has 3 saturated carbocycles. The molecule has 2 bridgehead atoms. The number of alkyl halides is 3. The maximum absolute atomic E-state index is 14.1. The van der Waals surface area contributed by atoms with E-state index in [4.69, 9.17) is 18.9 Å². The van der Waals surface area contributed by atoms with Crippen LogP contribution in [0.15, 0.2) is 0 Å². The Kier molecular flexibility index (Phi) is 12.6. The minimum absolute atomic E-state index is 0.00580. The maximum atomic E-state index is 14.1. The van der Waals surface area contributed by atoms with Gasteiger partial charge in [-0.1, -0.05) is 26.2 Å². The number of carbonyl (C=O) groups excluding carboxylic acids is 4. The lowest BCUT2D eigenvalue weighted by molar-refractivity contribution is -0.177. The third kappa shape index (κ3) is 9.39. The fourth-order valence-electron chi connectivity index (χ4n) is 8.05. The second kappa shape index (κ2) is 15.5. The molecule has 4 aliphatic rings. The van der Waals surface area contributed by atoms with Crippen molar-refractivity contribution in [3.8, 4) is 0 Å². The molecule has 51 heavy (non-hydrogen) atoms. The second-order valence-corrected chi connectivity index (χ2v) is 18.5. The van der Waals surface area contributed by atoms with Gasteiger partial charge >= 0.3 is 39.4 Å². The van der Waals surface area contributed by atoms with E-state index in [0.717, 1.165) is 44.9 Å². The third-order valence-corrected chi connectivity index (χ3v) is 13.2. The van der Waals surface area contributed by atoms with Gasteiger partial charge in [-0.2, -0.15) is 13.2 Å². The average molecular weight is 752 g/mol. The molecule has 0 aromatic carbocycles. The van der Waals surface area contributed by atoms with Crippen LogP contribution in [0.1, 0.15) is 131 Å². The summed E-state index contributed by atoms with van der Waals surface area (Å²) in [6, 6.07) is 0. The number of rotatable bonds is 16. The number of hydrogen-bond acceptors (Lipinski definition) is 10. The number of carbonyl (C=O) groups is 4. The molecule has 1 N–H and O–H groups in total. The smallest absolute Gasteiger partial charge is 0.464 e. The van der Waals surface area contributed by atoms with Gasteiger partial charge in [-0.05, 0) is 105 Å². The highest BCUT2D eigenvalue weighted by molar-refractivity contribution is 7.90. The zero-order valence-corrected chi connectivity index (χ0v) is 31.6. The fraction of sp³-hybridized carbons (Fsp3) is 0.889. The highest BCUT2D eigenvalue weighted by atomic mass is 32.2. The Bertz CT molecular complexity index is 1410. The Morgan fingerprint density at radius 3 is 2.00 bits per heavy atom. The van der Waals surface area contributed by atoms with Crippen molar-refractivity contribution in [1.82, 2.24) is 4.72 Å². The average Bonchev–Trinajstić information content (AvgIpc) is 3.67. The van der Waals surface area contributed by atoms with Crippen LogP contribution in [-0.2, 0) is 48.1 Å². The van der Waals surface area contributed by atoms with Crippen molar-refractivity contribution in [3.05, 3.63) is 0 Å². The van der Waals surface area contributed by atoms with Gasteiger partial charge in [-0.15, -0.1) is 0 Å². The maximum Gasteiger partial charge on any atom is 0.511 e. The van der Waals surface area contributed by atoms with Gasteiger partial charge in [0, 0.05) is 18.4 Å². The van der Waals surface area contributed by atoms with Crippen molar-refractivity contribution in [1.29, 1.82) is 0 Å². The Morgan fingerprint density at radius 2 is 1.43 bits per heavy atom. The molecule has 15 heteroatoms. The predicted molar refractivity (Wildman–Crippen MR) is 179 cm³/mol. The van der Waals surface area contributed by atoms with Gasteiger partial charge in [-0.25, -0.2) is 13.1 Å². The standard InChI is InChI=1S/C36H56F3NO10S/c1-7-35(13-11-9-8-10-12-14-35)50-30(43)33(4,5)16-18-34(6,31(44)49-26-23-21-24-25(22-23)28(41)48-27(24)26)17-15-32(2,3)29(42)47-20-19-40-51(45,46)36(37,38)39/h23-27,40H,7-22H2,1-6H3. The Morgan fingerprint density at radius 1 is 0.863 bits per heavy atom. The van der Waals surface area contributed by atoms with E-state index >= 15 is 0 Å². The summed E-state index contributed by atoms with van der Waals surface area (Å²) in [7, 11) is -5.58. The number of halogens is 3. The number of sulfonamides is 1. The predicted octanol–water partition coefficient (Wildman–Crippen LogP) is 6.52. The van der Waals surface area contributed by atoms with E-state index in [9.17, 15) is 40.8 Å². The van der Waals surface area contributed by atoms with Crippen LogP contribution in [-0.4, -0.2) is 68.8 Å². The van der Waals surface area contributed by atoms with Crippen LogP contribution >= 0.6 is 0 Å². The molecule has 6 atom stereocenters. The molecule has 0 aromatic rings. The van der Waals surface area contributed by atoms with Crippen molar-refractivity contribution in [2.45, 2.75) is 155 Å². The van der Waals surface area contributed by atoms with Crippen LogP contribution in [0.25, 0.3) is 0 Å². The first-order valence-electron chi connectivity index (χ1n) is 18.4. The van der Waals surface area contributed by atoms with Crippen molar-refractivity contribution >= 4 is 33.9 Å². The van der Waals surface area contributed by atoms with E-state index in [1.54, 1.807) is 34.6 Å². The zero-order chi connectivity index (χ0) is 38.0. The molecule has 3 aliphatic carbocycles. The summed E-state index contributed by atoms with van der Waals surface area (Å²) < 4.78 is 84.9. The molecule has 1 heterocycles. The molecule has 0 amide bonds. The highest BCUT2D eigenvalue weighted by Crippen LogP contribution is 2.56. The monoisotopic (exact) mass is 751 g/mol. The molecule has 292 valence electrons. The van der Waals surface area contributed by atoms with Gasteiger partial charge < -0.3 is 18.9 Å². The van der Waals surface area contributed by atoms with E-state index in [1.165, 1.54) is 11.1 Å². The van der Waals surface area contributed by atoms with Crippen LogP contribution in [0.5, 0.6) is 0 Å². The van der Waals surface area contributed by atoms with E-state index in [2.05, 4.69) is 0 Å². The first-order valence-corrected chi connectivity index (χ1v) is 19.9. The van der Waals surface area contributed by atoms with Crippen molar-refractivity contribution in [3.63, 3.8) is 0 Å². The van der Waals surface area contributed by atoms with Crippen LogP contribution in [0.4, 0.5) is 13.2 Å². The van der Waals surface area contributed by atoms with Gasteiger partial charge in [-0.3, -0.25) is 19.2 Å². The second-order valence-electron chi connectivity index (χ2n) is 16.8. The molecule has 4 rings (SSSR count). The first kappa shape index (κ1) is 41.3. The molecule has 4 fully saturated rings. The Balaban J connectivity index is 1.44. The third-order valence-electron chi connectivity index (χ3n) is 12.0. The molecule has 6 unspecified atom stereocenters. The lowest BCUT2D eigenvalue weighted by Crippen LogP contribution is -2.43. The summed E-state index contributed by atoms with van der Waals surface area (Å²) in [4.78, 5) is 53.3. The van der Waals surface area contributed by atoms with Gasteiger partial charge in [0.1, 0.15) is 24.4 Å². The molecule has 0 aromatic heterocycles. The summed E-state index contributed by atoms with van der Waals surface area (Å²) >= 11 is 0. The lowest BCUT2D eigenvalue weighted by atomic mass is 9.72. The number of hydrogen-bond donors (Lipinski definition) is 1. The van der Waals surface area contributed by atoms with E-state index < -0.39 is 74.7 Å². The fourth-order valence-corrected chi connectivity index (χ4v) is 8.57. The number of esters is 4. The molecule has 11 nitrogen and oxygen atoms in total. The molecular formula is C36H56F3NO10S. The summed E-state index contributed by atoms with van der Waals surface area (Å²) in [5.41, 5.74) is -9.38. The van der Waals surface area contributed by atoms with Crippen LogP contribution in [0.2, 0.25) is 0 Å². The highest BCUT2D eigenvalue weighted by Gasteiger charge is 2.63. The van der Waals surface area contributed by atoms with Crippen molar-refractivity contribution in [2.75, 3.05) is 13.2 Å². The molecular weight excluding hydrogens is 695 g/mol. The van der Waals surface area contributed by atoms with Gasteiger partial charge in [0.25, 0.3) is 0 Å². The van der Waals surface area contributed by atoms with Crippen molar-refractivity contribution < 1.29 is 59.7 Å². The normalized spacial score (nSPS) is 27.5. The van der Waals surface area contributed by atoms with Crippen LogP contribution < -0.4 is 4.72 Å². The Labute approximate surface area is 299 Å². The Hall–Kier alpha value is -2.42.